The fraction of sp³-hybridized carbons (Fsp3) is 0.235. The molecule has 0 heterocycles. The first kappa shape index (κ1) is 15.1. The fourth-order valence-corrected chi connectivity index (χ4v) is 2.04. The fourth-order valence-electron chi connectivity index (χ4n) is 2.04. The summed E-state index contributed by atoms with van der Waals surface area (Å²) in [5, 5.41) is 12.4. The Bertz CT molecular complexity index is 650. The molecule has 0 aromatic heterocycles. The molecule has 0 radical (unpaired) electrons. The number of hydrogen-bond acceptors (Lipinski definition) is 3. The second-order valence-corrected chi connectivity index (χ2v) is 4.94. The van der Waals surface area contributed by atoms with E-state index in [1.165, 1.54) is 0 Å². The van der Waals surface area contributed by atoms with Gasteiger partial charge in [-0.1, -0.05) is 18.2 Å². The summed E-state index contributed by atoms with van der Waals surface area (Å²) in [6, 6.07) is 12.5. The second-order valence-electron chi connectivity index (χ2n) is 4.94. The number of benzene rings is 2. The summed E-state index contributed by atoms with van der Waals surface area (Å²) in [5.74, 6) is 0.469. The molecule has 4 nitrogen and oxygen atoms in total. The van der Waals surface area contributed by atoms with E-state index in [9.17, 15) is 9.90 Å². The standard InChI is InChI=1S/C17H19NO3/c1-11-7-8-14(10-16(11)21-3)17(20)18-15-6-4-5-13(9-15)12(2)19/h4-10,12,19H,1-3H3,(H,18,20). The van der Waals surface area contributed by atoms with Gasteiger partial charge in [0.1, 0.15) is 5.75 Å². The topological polar surface area (TPSA) is 58.6 Å². The first-order valence-electron chi connectivity index (χ1n) is 6.75. The van der Waals surface area contributed by atoms with E-state index in [0.29, 0.717) is 17.0 Å². The lowest BCUT2D eigenvalue weighted by atomic mass is 10.1. The number of amides is 1. The number of nitrogens with one attached hydrogen (secondary N) is 1. The zero-order valence-corrected chi connectivity index (χ0v) is 12.4. The predicted octanol–water partition coefficient (Wildman–Crippen LogP) is 3.31. The van der Waals surface area contributed by atoms with Crippen LogP contribution in [0, 0.1) is 6.92 Å². The molecule has 0 spiro atoms. The van der Waals surface area contributed by atoms with E-state index in [2.05, 4.69) is 5.32 Å². The van der Waals surface area contributed by atoms with E-state index in [1.54, 1.807) is 44.4 Å². The van der Waals surface area contributed by atoms with Crippen LogP contribution in [0.4, 0.5) is 5.69 Å². The molecule has 21 heavy (non-hydrogen) atoms. The molecule has 1 atom stereocenters. The smallest absolute Gasteiger partial charge is 0.255 e. The van der Waals surface area contributed by atoms with Gasteiger partial charge in [0.25, 0.3) is 5.91 Å². The van der Waals surface area contributed by atoms with Crippen LogP contribution in [0.1, 0.15) is 34.5 Å². The normalized spacial score (nSPS) is 11.8. The molecule has 1 unspecified atom stereocenters. The Labute approximate surface area is 124 Å². The van der Waals surface area contributed by atoms with Gasteiger partial charge < -0.3 is 15.2 Å². The number of carbonyl (C=O) groups excluding carboxylic acids is 1. The molecule has 0 aliphatic heterocycles. The Morgan fingerprint density at radius 1 is 1.24 bits per heavy atom. The van der Waals surface area contributed by atoms with E-state index < -0.39 is 6.10 Å². The molecule has 110 valence electrons. The number of ether oxygens (including phenoxy) is 1. The Morgan fingerprint density at radius 2 is 2.00 bits per heavy atom. The summed E-state index contributed by atoms with van der Waals surface area (Å²) >= 11 is 0. The predicted molar refractivity (Wildman–Crippen MR) is 82.8 cm³/mol. The summed E-state index contributed by atoms with van der Waals surface area (Å²) in [4.78, 5) is 12.2. The number of methoxy groups -OCH3 is 1. The van der Waals surface area contributed by atoms with Crippen LogP contribution in [-0.2, 0) is 0 Å². The van der Waals surface area contributed by atoms with Crippen molar-refractivity contribution in [2.24, 2.45) is 0 Å². The highest BCUT2D eigenvalue weighted by Gasteiger charge is 2.10. The summed E-state index contributed by atoms with van der Waals surface area (Å²) in [6.45, 7) is 3.61. The third-order valence-electron chi connectivity index (χ3n) is 3.30. The summed E-state index contributed by atoms with van der Waals surface area (Å²) < 4.78 is 5.22. The number of carbonyl (C=O) groups is 1. The van der Waals surface area contributed by atoms with Gasteiger partial charge in [0, 0.05) is 11.3 Å². The molecule has 0 aliphatic rings. The molecule has 2 rings (SSSR count). The Kier molecular flexibility index (Phi) is 4.60. The quantitative estimate of drug-likeness (QED) is 0.906. The number of rotatable bonds is 4. The molecule has 0 saturated carbocycles. The van der Waals surface area contributed by atoms with Crippen molar-refractivity contribution in [3.05, 3.63) is 59.2 Å². The van der Waals surface area contributed by atoms with Gasteiger partial charge in [0.05, 0.1) is 13.2 Å². The van der Waals surface area contributed by atoms with Crippen LogP contribution in [0.15, 0.2) is 42.5 Å². The molecule has 4 heteroatoms. The molecule has 2 aromatic carbocycles. The van der Waals surface area contributed by atoms with E-state index in [-0.39, 0.29) is 5.91 Å². The monoisotopic (exact) mass is 285 g/mol. The van der Waals surface area contributed by atoms with E-state index in [4.69, 9.17) is 4.74 Å². The van der Waals surface area contributed by atoms with E-state index in [1.807, 2.05) is 19.1 Å². The minimum atomic E-state index is -0.568. The van der Waals surface area contributed by atoms with Crippen molar-refractivity contribution in [1.29, 1.82) is 0 Å². The van der Waals surface area contributed by atoms with Crippen molar-refractivity contribution in [1.82, 2.24) is 0 Å². The molecule has 2 N–H and O–H groups in total. The van der Waals surface area contributed by atoms with Gasteiger partial charge in [-0.25, -0.2) is 0 Å². The van der Waals surface area contributed by atoms with Crippen molar-refractivity contribution in [2.45, 2.75) is 20.0 Å². The highest BCUT2D eigenvalue weighted by atomic mass is 16.5. The van der Waals surface area contributed by atoms with Crippen molar-refractivity contribution < 1.29 is 14.6 Å². The van der Waals surface area contributed by atoms with Crippen LogP contribution >= 0.6 is 0 Å². The highest BCUT2D eigenvalue weighted by molar-refractivity contribution is 6.04. The molecule has 0 bridgehead atoms. The maximum atomic E-state index is 12.2. The lowest BCUT2D eigenvalue weighted by molar-refractivity contribution is 0.102. The molecular formula is C17H19NO3. The maximum Gasteiger partial charge on any atom is 0.255 e. The van der Waals surface area contributed by atoms with E-state index >= 15 is 0 Å². The van der Waals surface area contributed by atoms with Gasteiger partial charge in [-0.15, -0.1) is 0 Å². The number of anilines is 1. The molecule has 0 saturated heterocycles. The molecule has 0 fully saturated rings. The van der Waals surface area contributed by atoms with Crippen LogP contribution in [0.5, 0.6) is 5.75 Å². The summed E-state index contributed by atoms with van der Waals surface area (Å²) in [7, 11) is 1.58. The first-order chi connectivity index (χ1) is 10.0. The zero-order valence-electron chi connectivity index (χ0n) is 12.4. The summed E-state index contributed by atoms with van der Waals surface area (Å²) in [5.41, 5.74) is 2.91. The minimum absolute atomic E-state index is 0.212. The van der Waals surface area contributed by atoms with Crippen molar-refractivity contribution >= 4 is 11.6 Å². The Morgan fingerprint density at radius 3 is 2.67 bits per heavy atom. The Hall–Kier alpha value is -2.33. The molecule has 2 aromatic rings. The largest absolute Gasteiger partial charge is 0.496 e. The zero-order chi connectivity index (χ0) is 15.4. The SMILES string of the molecule is COc1cc(C(=O)Nc2cccc(C(C)O)c2)ccc1C. The second kappa shape index (κ2) is 6.41. The summed E-state index contributed by atoms with van der Waals surface area (Å²) in [6.07, 6.45) is -0.568. The average Bonchev–Trinajstić information content (AvgIpc) is 2.47. The lowest BCUT2D eigenvalue weighted by Crippen LogP contribution is -2.12. The first-order valence-corrected chi connectivity index (χ1v) is 6.75. The van der Waals surface area contributed by atoms with E-state index in [0.717, 1.165) is 11.1 Å². The highest BCUT2D eigenvalue weighted by Crippen LogP contribution is 2.21. The van der Waals surface area contributed by atoms with Gasteiger partial charge in [0.15, 0.2) is 0 Å². The van der Waals surface area contributed by atoms with Gasteiger partial charge in [0.2, 0.25) is 0 Å². The van der Waals surface area contributed by atoms with Crippen LogP contribution in [-0.4, -0.2) is 18.1 Å². The average molecular weight is 285 g/mol. The number of aliphatic hydroxyl groups excluding tert-OH is 1. The van der Waals surface area contributed by atoms with Crippen molar-refractivity contribution in [3.63, 3.8) is 0 Å². The van der Waals surface area contributed by atoms with Crippen molar-refractivity contribution in [3.8, 4) is 5.75 Å². The minimum Gasteiger partial charge on any atom is -0.496 e. The van der Waals surface area contributed by atoms with Gasteiger partial charge in [-0.3, -0.25) is 4.79 Å². The molecular weight excluding hydrogens is 266 g/mol. The number of aliphatic hydroxyl groups is 1. The van der Waals surface area contributed by atoms with Gasteiger partial charge in [-0.2, -0.15) is 0 Å². The van der Waals surface area contributed by atoms with Gasteiger partial charge >= 0.3 is 0 Å². The van der Waals surface area contributed by atoms with Gasteiger partial charge in [-0.05, 0) is 49.2 Å². The van der Waals surface area contributed by atoms with Crippen LogP contribution in [0.25, 0.3) is 0 Å². The third-order valence-corrected chi connectivity index (χ3v) is 3.30. The van der Waals surface area contributed by atoms with Crippen molar-refractivity contribution in [2.75, 3.05) is 12.4 Å². The van der Waals surface area contributed by atoms with Crippen LogP contribution in [0.3, 0.4) is 0 Å². The lowest BCUT2D eigenvalue weighted by Gasteiger charge is -2.10. The molecule has 1 amide bonds. The number of aryl methyl sites for hydroxylation is 1. The Balaban J connectivity index is 2.20. The third kappa shape index (κ3) is 3.61. The number of hydrogen-bond donors (Lipinski definition) is 2. The van der Waals surface area contributed by atoms with Crippen LogP contribution in [0.2, 0.25) is 0 Å². The molecule has 0 aliphatic carbocycles. The van der Waals surface area contributed by atoms with Crippen LogP contribution < -0.4 is 10.1 Å². The maximum absolute atomic E-state index is 12.2.